The van der Waals surface area contributed by atoms with E-state index in [1.165, 1.54) is 12.1 Å². The third kappa shape index (κ3) is 5.91. The van der Waals surface area contributed by atoms with Crippen LogP contribution in [0.1, 0.15) is 6.42 Å². The topological polar surface area (TPSA) is 75.3 Å². The second-order valence-electron chi connectivity index (χ2n) is 4.30. The number of carbonyl (C=O) groups is 1. The van der Waals surface area contributed by atoms with Crippen molar-refractivity contribution in [1.29, 1.82) is 0 Å². The lowest BCUT2D eigenvalue weighted by Crippen LogP contribution is -2.47. The van der Waals surface area contributed by atoms with Crippen LogP contribution in [0, 0.1) is 0 Å². The highest BCUT2D eigenvalue weighted by atomic mass is 32.2. The van der Waals surface area contributed by atoms with E-state index in [0.717, 1.165) is 0 Å². The maximum Gasteiger partial charge on any atom is 0.241 e. The van der Waals surface area contributed by atoms with E-state index in [1.54, 1.807) is 36.0 Å². The summed E-state index contributed by atoms with van der Waals surface area (Å²) in [4.78, 5) is 12.2. The monoisotopic (exact) mass is 328 g/mol. The summed E-state index contributed by atoms with van der Waals surface area (Å²) in [6.45, 7) is 3.83. The van der Waals surface area contributed by atoms with E-state index < -0.39 is 16.1 Å². The van der Waals surface area contributed by atoms with Crippen molar-refractivity contribution >= 4 is 27.7 Å². The minimum absolute atomic E-state index is 0.149. The highest BCUT2D eigenvalue weighted by Gasteiger charge is 2.24. The largest absolute Gasteiger partial charge is 0.351 e. The number of hydrogen-bond acceptors (Lipinski definition) is 4. The van der Waals surface area contributed by atoms with Crippen LogP contribution in [-0.2, 0) is 14.8 Å². The van der Waals surface area contributed by atoms with Gasteiger partial charge in [0.1, 0.15) is 6.04 Å². The molecule has 21 heavy (non-hydrogen) atoms. The first kappa shape index (κ1) is 17.7. The van der Waals surface area contributed by atoms with Gasteiger partial charge in [-0.25, -0.2) is 8.42 Å². The summed E-state index contributed by atoms with van der Waals surface area (Å²) < 4.78 is 27.0. The van der Waals surface area contributed by atoms with Gasteiger partial charge >= 0.3 is 0 Å². The van der Waals surface area contributed by atoms with E-state index in [1.807, 2.05) is 6.26 Å². The van der Waals surface area contributed by atoms with Crippen LogP contribution in [0.15, 0.2) is 47.9 Å². The van der Waals surface area contributed by atoms with Crippen molar-refractivity contribution in [2.45, 2.75) is 17.4 Å². The SMILES string of the molecule is C=CCNC(=O)C(CCSC)NS(=O)(=O)c1ccccc1. The first-order chi connectivity index (χ1) is 10.0. The number of sulfonamides is 1. The smallest absolute Gasteiger partial charge is 0.241 e. The number of benzene rings is 1. The number of hydrogen-bond donors (Lipinski definition) is 2. The number of thioether (sulfide) groups is 1. The zero-order valence-electron chi connectivity index (χ0n) is 11.9. The Kier molecular flexibility index (Phi) is 7.49. The van der Waals surface area contributed by atoms with Gasteiger partial charge in [0, 0.05) is 6.54 Å². The zero-order chi connectivity index (χ0) is 15.7. The molecule has 1 aromatic carbocycles. The summed E-state index contributed by atoms with van der Waals surface area (Å²) in [5.41, 5.74) is 0. The summed E-state index contributed by atoms with van der Waals surface area (Å²) in [5.74, 6) is 0.340. The highest BCUT2D eigenvalue weighted by Crippen LogP contribution is 2.10. The molecular formula is C14H20N2O3S2. The van der Waals surface area contributed by atoms with Crippen LogP contribution in [-0.4, -0.2) is 38.9 Å². The Morgan fingerprint density at radius 1 is 1.38 bits per heavy atom. The molecule has 5 nitrogen and oxygen atoms in total. The van der Waals surface area contributed by atoms with Gasteiger partial charge in [0.2, 0.25) is 15.9 Å². The average molecular weight is 328 g/mol. The van der Waals surface area contributed by atoms with Gasteiger partial charge < -0.3 is 5.32 Å². The third-order valence-corrected chi connectivity index (χ3v) is 4.83. The Morgan fingerprint density at radius 2 is 2.05 bits per heavy atom. The summed E-state index contributed by atoms with van der Waals surface area (Å²) >= 11 is 1.56. The predicted octanol–water partition coefficient (Wildman–Crippen LogP) is 1.39. The van der Waals surface area contributed by atoms with Crippen molar-refractivity contribution in [1.82, 2.24) is 10.0 Å². The fourth-order valence-electron chi connectivity index (χ4n) is 1.63. The molecule has 1 aromatic rings. The van der Waals surface area contributed by atoms with E-state index in [2.05, 4.69) is 16.6 Å². The van der Waals surface area contributed by atoms with Crippen molar-refractivity contribution < 1.29 is 13.2 Å². The van der Waals surface area contributed by atoms with Gasteiger partial charge in [0.25, 0.3) is 0 Å². The van der Waals surface area contributed by atoms with E-state index in [9.17, 15) is 13.2 Å². The molecule has 0 aromatic heterocycles. The molecule has 0 bridgehead atoms. The molecule has 0 saturated heterocycles. The van der Waals surface area contributed by atoms with Crippen LogP contribution in [0.3, 0.4) is 0 Å². The van der Waals surface area contributed by atoms with Crippen LogP contribution in [0.25, 0.3) is 0 Å². The highest BCUT2D eigenvalue weighted by molar-refractivity contribution is 7.98. The summed E-state index contributed by atoms with van der Waals surface area (Å²) in [6.07, 6.45) is 3.88. The lowest BCUT2D eigenvalue weighted by molar-refractivity contribution is -0.122. The molecular weight excluding hydrogens is 308 g/mol. The van der Waals surface area contributed by atoms with Gasteiger partial charge in [0.15, 0.2) is 0 Å². The molecule has 0 aliphatic rings. The summed E-state index contributed by atoms with van der Waals surface area (Å²) in [5, 5.41) is 2.62. The fourth-order valence-corrected chi connectivity index (χ4v) is 3.35. The van der Waals surface area contributed by atoms with Crippen molar-refractivity contribution in [2.75, 3.05) is 18.6 Å². The second kappa shape index (κ2) is 8.86. The van der Waals surface area contributed by atoms with Crippen molar-refractivity contribution in [3.05, 3.63) is 43.0 Å². The Morgan fingerprint density at radius 3 is 2.62 bits per heavy atom. The third-order valence-electron chi connectivity index (χ3n) is 2.70. The molecule has 1 amide bonds. The summed E-state index contributed by atoms with van der Waals surface area (Å²) in [6, 6.07) is 7.22. The molecule has 0 saturated carbocycles. The van der Waals surface area contributed by atoms with E-state index in [0.29, 0.717) is 18.7 Å². The van der Waals surface area contributed by atoms with Crippen LogP contribution in [0.4, 0.5) is 0 Å². The van der Waals surface area contributed by atoms with Crippen LogP contribution in [0.2, 0.25) is 0 Å². The lowest BCUT2D eigenvalue weighted by Gasteiger charge is -2.17. The molecule has 0 heterocycles. The molecule has 0 aliphatic carbocycles. The molecule has 1 unspecified atom stereocenters. The lowest BCUT2D eigenvalue weighted by atomic mass is 10.2. The standard InChI is InChI=1S/C14H20N2O3S2/c1-3-10-15-14(17)13(9-11-20-2)16-21(18,19)12-7-5-4-6-8-12/h3-8,13,16H,1,9-11H2,2H3,(H,15,17). The Bertz CT molecular complexity index is 559. The molecule has 1 rings (SSSR count). The van der Waals surface area contributed by atoms with Gasteiger partial charge in [-0.15, -0.1) is 6.58 Å². The molecule has 0 fully saturated rings. The summed E-state index contributed by atoms with van der Waals surface area (Å²) in [7, 11) is -3.71. The van der Waals surface area contributed by atoms with Crippen molar-refractivity contribution in [2.24, 2.45) is 0 Å². The Labute approximate surface area is 130 Å². The Hall–Kier alpha value is -1.31. The molecule has 0 radical (unpaired) electrons. The van der Waals surface area contributed by atoms with Crippen LogP contribution < -0.4 is 10.0 Å². The first-order valence-corrected chi connectivity index (χ1v) is 9.34. The minimum Gasteiger partial charge on any atom is -0.351 e. The van der Waals surface area contributed by atoms with Gasteiger partial charge in [0.05, 0.1) is 4.90 Å². The second-order valence-corrected chi connectivity index (χ2v) is 7.00. The number of carbonyl (C=O) groups excluding carboxylic acids is 1. The van der Waals surface area contributed by atoms with E-state index in [-0.39, 0.29) is 10.8 Å². The van der Waals surface area contributed by atoms with Crippen LogP contribution >= 0.6 is 11.8 Å². The van der Waals surface area contributed by atoms with Gasteiger partial charge in [-0.05, 0) is 30.6 Å². The van der Waals surface area contributed by atoms with E-state index in [4.69, 9.17) is 0 Å². The fraction of sp³-hybridized carbons (Fsp3) is 0.357. The number of rotatable bonds is 9. The molecule has 0 spiro atoms. The molecule has 7 heteroatoms. The zero-order valence-corrected chi connectivity index (χ0v) is 13.5. The molecule has 1 atom stereocenters. The van der Waals surface area contributed by atoms with Gasteiger partial charge in [-0.1, -0.05) is 24.3 Å². The van der Waals surface area contributed by atoms with Crippen molar-refractivity contribution in [3.8, 4) is 0 Å². The minimum atomic E-state index is -3.71. The molecule has 2 N–H and O–H groups in total. The van der Waals surface area contributed by atoms with Crippen LogP contribution in [0.5, 0.6) is 0 Å². The Balaban J connectivity index is 2.84. The maximum atomic E-state index is 12.3. The predicted molar refractivity (Wildman–Crippen MR) is 86.8 cm³/mol. The van der Waals surface area contributed by atoms with Crippen molar-refractivity contribution in [3.63, 3.8) is 0 Å². The molecule has 116 valence electrons. The van der Waals surface area contributed by atoms with E-state index >= 15 is 0 Å². The normalized spacial score (nSPS) is 12.6. The first-order valence-electron chi connectivity index (χ1n) is 6.46. The average Bonchev–Trinajstić information content (AvgIpc) is 2.49. The van der Waals surface area contributed by atoms with Gasteiger partial charge in [-0.2, -0.15) is 16.5 Å². The molecule has 0 aliphatic heterocycles. The number of amides is 1. The van der Waals surface area contributed by atoms with Gasteiger partial charge in [-0.3, -0.25) is 4.79 Å². The maximum absolute atomic E-state index is 12.3. The quantitative estimate of drug-likeness (QED) is 0.672. The number of nitrogens with one attached hydrogen (secondary N) is 2.